The Balaban J connectivity index is 1.52. The number of aryl methyl sites for hydroxylation is 1. The third-order valence-corrected chi connectivity index (χ3v) is 6.20. The molecule has 0 radical (unpaired) electrons. The number of rotatable bonds is 6. The Morgan fingerprint density at radius 2 is 1.88 bits per heavy atom. The summed E-state index contributed by atoms with van der Waals surface area (Å²) in [5.41, 5.74) is 0.996. The number of aliphatic hydroxyl groups is 1. The summed E-state index contributed by atoms with van der Waals surface area (Å²) in [6.45, 7) is 3.76. The van der Waals surface area contributed by atoms with E-state index in [1.165, 1.54) is 0 Å². The minimum absolute atomic E-state index is 0.0450. The summed E-state index contributed by atoms with van der Waals surface area (Å²) in [5.74, 6) is 0. The number of benzene rings is 1. The van der Waals surface area contributed by atoms with Crippen LogP contribution in [-0.2, 0) is 19.5 Å². The summed E-state index contributed by atoms with van der Waals surface area (Å²) in [5, 5.41) is 13.8. The summed E-state index contributed by atoms with van der Waals surface area (Å²) in [7, 11) is -3.61. The van der Waals surface area contributed by atoms with Gasteiger partial charge in [-0.25, -0.2) is 13.1 Å². The van der Waals surface area contributed by atoms with E-state index >= 15 is 0 Å². The molecule has 1 aromatic carbocycles. The van der Waals surface area contributed by atoms with Crippen molar-refractivity contribution in [3.63, 3.8) is 0 Å². The fraction of sp³-hybridized carbons (Fsp3) is 0.647. The van der Waals surface area contributed by atoms with Crippen LogP contribution in [0.3, 0.4) is 0 Å². The van der Waals surface area contributed by atoms with Crippen molar-refractivity contribution < 1.29 is 23.0 Å². The highest BCUT2D eigenvalue weighted by atomic mass is 32.2. The zero-order chi connectivity index (χ0) is 17.9. The zero-order valence-corrected chi connectivity index (χ0v) is 15.2. The maximum Gasteiger partial charge on any atom is 0.240 e. The number of ether oxygens (including phenoxy) is 2. The molecule has 140 valence electrons. The van der Waals surface area contributed by atoms with Gasteiger partial charge in [-0.05, 0) is 31.9 Å². The summed E-state index contributed by atoms with van der Waals surface area (Å²) < 4.78 is 38.1. The third kappa shape index (κ3) is 4.78. The van der Waals surface area contributed by atoms with Gasteiger partial charge in [0.15, 0.2) is 0 Å². The lowest BCUT2D eigenvalue weighted by atomic mass is 10.0. The van der Waals surface area contributed by atoms with Gasteiger partial charge in [-0.1, -0.05) is 17.7 Å². The summed E-state index contributed by atoms with van der Waals surface area (Å²) in [4.78, 5) is 0.211. The van der Waals surface area contributed by atoms with E-state index in [2.05, 4.69) is 10.0 Å². The zero-order valence-electron chi connectivity index (χ0n) is 14.3. The molecule has 2 aliphatic heterocycles. The Kier molecular flexibility index (Phi) is 6.08. The van der Waals surface area contributed by atoms with Crippen molar-refractivity contribution in [3.8, 4) is 0 Å². The molecule has 2 fully saturated rings. The van der Waals surface area contributed by atoms with E-state index < -0.39 is 22.2 Å². The minimum Gasteiger partial charge on any atom is -0.389 e. The predicted octanol–water partition coefficient (Wildman–Crippen LogP) is 0.170. The van der Waals surface area contributed by atoms with Crippen LogP contribution in [0.5, 0.6) is 0 Å². The van der Waals surface area contributed by atoms with Crippen LogP contribution in [0.25, 0.3) is 0 Å². The Morgan fingerprint density at radius 1 is 1.20 bits per heavy atom. The van der Waals surface area contributed by atoms with Gasteiger partial charge in [-0.15, -0.1) is 0 Å². The molecule has 3 N–H and O–H groups in total. The topological polar surface area (TPSA) is 96.9 Å². The second kappa shape index (κ2) is 8.11. The summed E-state index contributed by atoms with van der Waals surface area (Å²) in [6, 6.07) is 6.77. The van der Waals surface area contributed by atoms with E-state index in [-0.39, 0.29) is 17.5 Å². The molecule has 7 nitrogen and oxygen atoms in total. The normalized spacial score (nSPS) is 28.3. The van der Waals surface area contributed by atoms with Crippen LogP contribution < -0.4 is 10.0 Å². The van der Waals surface area contributed by atoms with Crippen LogP contribution >= 0.6 is 0 Å². The van der Waals surface area contributed by atoms with Crippen molar-refractivity contribution in [1.82, 2.24) is 10.0 Å². The number of hydrogen-bond acceptors (Lipinski definition) is 6. The maximum absolute atomic E-state index is 12.3. The minimum atomic E-state index is -3.61. The molecule has 0 saturated carbocycles. The number of hydrogen-bond donors (Lipinski definition) is 3. The molecule has 0 bridgehead atoms. The van der Waals surface area contributed by atoms with Crippen LogP contribution in [0.1, 0.15) is 18.4 Å². The Bertz CT molecular complexity index is 658. The van der Waals surface area contributed by atoms with E-state index in [0.29, 0.717) is 12.6 Å². The molecule has 0 amide bonds. The molecule has 1 aromatic rings. The lowest BCUT2D eigenvalue weighted by Gasteiger charge is -2.27. The first kappa shape index (κ1) is 18.8. The Morgan fingerprint density at radius 3 is 2.56 bits per heavy atom. The lowest BCUT2D eigenvalue weighted by molar-refractivity contribution is 0.0415. The van der Waals surface area contributed by atoms with Gasteiger partial charge in [0, 0.05) is 25.8 Å². The Hall–Kier alpha value is -1.03. The van der Waals surface area contributed by atoms with Gasteiger partial charge in [-0.2, -0.15) is 0 Å². The molecule has 25 heavy (non-hydrogen) atoms. The fourth-order valence-electron chi connectivity index (χ4n) is 3.17. The molecule has 2 saturated heterocycles. The molecule has 2 aliphatic rings. The van der Waals surface area contributed by atoms with Gasteiger partial charge in [0.05, 0.1) is 29.8 Å². The quantitative estimate of drug-likeness (QED) is 0.661. The SMILES string of the molecule is Cc1ccc(S(=O)(=O)NCC2OCC(NC3CCOCC3)C2O)cc1. The monoisotopic (exact) mass is 370 g/mol. The second-order valence-electron chi connectivity index (χ2n) is 6.69. The van der Waals surface area contributed by atoms with E-state index in [1.54, 1.807) is 24.3 Å². The van der Waals surface area contributed by atoms with Gasteiger partial charge < -0.3 is 19.9 Å². The van der Waals surface area contributed by atoms with E-state index in [9.17, 15) is 13.5 Å². The average molecular weight is 370 g/mol. The molecule has 3 rings (SSSR count). The Labute approximate surface area is 148 Å². The fourth-order valence-corrected chi connectivity index (χ4v) is 4.21. The van der Waals surface area contributed by atoms with Crippen LogP contribution in [0.2, 0.25) is 0 Å². The highest BCUT2D eigenvalue weighted by Gasteiger charge is 2.37. The van der Waals surface area contributed by atoms with Crippen molar-refractivity contribution in [2.75, 3.05) is 26.4 Å². The van der Waals surface area contributed by atoms with Gasteiger partial charge in [0.1, 0.15) is 0 Å². The standard InChI is InChI=1S/C17H26N2O5S/c1-12-2-4-14(5-3-12)25(21,22)18-10-16-17(20)15(11-24-16)19-13-6-8-23-9-7-13/h2-5,13,15-20H,6-11H2,1H3. The summed E-state index contributed by atoms with van der Waals surface area (Å²) >= 11 is 0. The molecular formula is C17H26N2O5S. The molecule has 0 spiro atoms. The molecule has 3 unspecified atom stereocenters. The van der Waals surface area contributed by atoms with Crippen molar-refractivity contribution in [3.05, 3.63) is 29.8 Å². The van der Waals surface area contributed by atoms with Crippen molar-refractivity contribution in [1.29, 1.82) is 0 Å². The van der Waals surface area contributed by atoms with Gasteiger partial charge in [-0.3, -0.25) is 0 Å². The highest BCUT2D eigenvalue weighted by molar-refractivity contribution is 7.89. The first-order chi connectivity index (χ1) is 12.0. The van der Waals surface area contributed by atoms with Crippen LogP contribution in [0, 0.1) is 6.92 Å². The molecule has 8 heteroatoms. The largest absolute Gasteiger partial charge is 0.389 e. The third-order valence-electron chi connectivity index (χ3n) is 4.76. The number of nitrogens with one attached hydrogen (secondary N) is 2. The van der Waals surface area contributed by atoms with Crippen molar-refractivity contribution >= 4 is 10.0 Å². The van der Waals surface area contributed by atoms with Gasteiger partial charge >= 0.3 is 0 Å². The second-order valence-corrected chi connectivity index (χ2v) is 8.45. The molecular weight excluding hydrogens is 344 g/mol. The smallest absolute Gasteiger partial charge is 0.240 e. The number of sulfonamides is 1. The van der Waals surface area contributed by atoms with Crippen LogP contribution in [0.15, 0.2) is 29.2 Å². The maximum atomic E-state index is 12.3. The average Bonchev–Trinajstić information content (AvgIpc) is 2.95. The van der Waals surface area contributed by atoms with Crippen LogP contribution in [0.4, 0.5) is 0 Å². The molecule has 0 aliphatic carbocycles. The predicted molar refractivity (Wildman–Crippen MR) is 92.9 cm³/mol. The lowest BCUT2D eigenvalue weighted by Crippen LogP contribution is -2.49. The van der Waals surface area contributed by atoms with Crippen molar-refractivity contribution in [2.24, 2.45) is 0 Å². The van der Waals surface area contributed by atoms with Crippen molar-refractivity contribution in [2.45, 2.75) is 49.0 Å². The van der Waals surface area contributed by atoms with E-state index in [0.717, 1.165) is 31.6 Å². The molecule has 3 atom stereocenters. The number of aliphatic hydroxyl groups excluding tert-OH is 1. The first-order valence-corrected chi connectivity index (χ1v) is 10.1. The van der Waals surface area contributed by atoms with E-state index in [4.69, 9.17) is 9.47 Å². The van der Waals surface area contributed by atoms with Gasteiger partial charge in [0.2, 0.25) is 10.0 Å². The van der Waals surface area contributed by atoms with Crippen LogP contribution in [-0.4, -0.2) is 64.2 Å². The molecule has 2 heterocycles. The highest BCUT2D eigenvalue weighted by Crippen LogP contribution is 2.18. The first-order valence-electron chi connectivity index (χ1n) is 8.65. The van der Waals surface area contributed by atoms with Gasteiger partial charge in [0.25, 0.3) is 0 Å². The molecule has 0 aromatic heterocycles. The summed E-state index contributed by atoms with van der Waals surface area (Å²) in [6.07, 6.45) is 0.517. The van der Waals surface area contributed by atoms with E-state index in [1.807, 2.05) is 6.92 Å².